The van der Waals surface area contributed by atoms with Gasteiger partial charge in [0.05, 0.1) is 12.5 Å². The zero-order valence-corrected chi connectivity index (χ0v) is 10.1. The van der Waals surface area contributed by atoms with Gasteiger partial charge in [-0.2, -0.15) is 0 Å². The number of hydrogen-bond donors (Lipinski definition) is 3. The van der Waals surface area contributed by atoms with E-state index in [-0.39, 0.29) is 31.3 Å². The summed E-state index contributed by atoms with van der Waals surface area (Å²) in [6.45, 7) is 0.641. The van der Waals surface area contributed by atoms with Crippen LogP contribution in [-0.2, 0) is 19.1 Å². The molecule has 2 amide bonds. The molecule has 1 unspecified atom stereocenters. The summed E-state index contributed by atoms with van der Waals surface area (Å²) in [6, 6.07) is -1.08. The minimum Gasteiger partial charge on any atom is -0.480 e. The largest absolute Gasteiger partial charge is 0.480 e. The van der Waals surface area contributed by atoms with Crippen molar-refractivity contribution in [2.75, 3.05) is 6.61 Å². The zero-order chi connectivity index (χ0) is 13.5. The Morgan fingerprint density at radius 1 is 1.44 bits per heavy atom. The van der Waals surface area contributed by atoms with Crippen molar-refractivity contribution in [2.24, 2.45) is 5.73 Å². The highest BCUT2D eigenvalue weighted by Crippen LogP contribution is 2.15. The van der Waals surface area contributed by atoms with Gasteiger partial charge in [0.25, 0.3) is 0 Å². The van der Waals surface area contributed by atoms with E-state index in [4.69, 9.17) is 15.6 Å². The molecule has 0 spiro atoms. The second kappa shape index (κ2) is 6.95. The van der Waals surface area contributed by atoms with Crippen LogP contribution >= 0.6 is 0 Å². The summed E-state index contributed by atoms with van der Waals surface area (Å²) in [5, 5.41) is 11.3. The average molecular weight is 258 g/mol. The summed E-state index contributed by atoms with van der Waals surface area (Å²) >= 11 is 0. The predicted molar refractivity (Wildman–Crippen MR) is 61.6 cm³/mol. The van der Waals surface area contributed by atoms with E-state index < -0.39 is 17.9 Å². The standard InChI is InChI=1S/C11H18N2O5/c12-9(14)4-3-8(11(16)17)13-10(15)6-7-2-1-5-18-7/h7-8H,1-6H2,(H2,12,14)(H,13,15)(H,16,17)/t7?,8-/m0/s1. The zero-order valence-electron chi connectivity index (χ0n) is 10.1. The van der Waals surface area contributed by atoms with Gasteiger partial charge >= 0.3 is 5.97 Å². The van der Waals surface area contributed by atoms with Crippen molar-refractivity contribution >= 4 is 17.8 Å². The molecule has 1 heterocycles. The molecule has 1 rings (SSSR count). The van der Waals surface area contributed by atoms with Crippen LogP contribution in [0.4, 0.5) is 0 Å². The Labute approximate surface area is 105 Å². The van der Waals surface area contributed by atoms with Crippen LogP contribution in [0.15, 0.2) is 0 Å². The summed E-state index contributed by atoms with van der Waals surface area (Å²) in [4.78, 5) is 33.1. The molecule has 0 aromatic heterocycles. The molecule has 102 valence electrons. The fourth-order valence-corrected chi connectivity index (χ4v) is 1.81. The predicted octanol–water partition coefficient (Wildman–Crippen LogP) is -0.610. The summed E-state index contributed by atoms with van der Waals surface area (Å²) in [5.41, 5.74) is 4.94. The van der Waals surface area contributed by atoms with Gasteiger partial charge in [0.2, 0.25) is 11.8 Å². The molecule has 0 aromatic carbocycles. The number of carboxylic acids is 1. The first-order valence-electron chi connectivity index (χ1n) is 5.91. The van der Waals surface area contributed by atoms with E-state index in [9.17, 15) is 14.4 Å². The summed E-state index contributed by atoms with van der Waals surface area (Å²) in [7, 11) is 0. The fraction of sp³-hybridized carbons (Fsp3) is 0.727. The maximum atomic E-state index is 11.6. The molecule has 0 saturated carbocycles. The lowest BCUT2D eigenvalue weighted by Crippen LogP contribution is -2.42. The van der Waals surface area contributed by atoms with Crippen molar-refractivity contribution in [3.8, 4) is 0 Å². The molecule has 7 nitrogen and oxygen atoms in total. The van der Waals surface area contributed by atoms with Gasteiger partial charge in [-0.15, -0.1) is 0 Å². The normalized spacial score (nSPS) is 20.3. The van der Waals surface area contributed by atoms with Crippen LogP contribution in [0.3, 0.4) is 0 Å². The fourth-order valence-electron chi connectivity index (χ4n) is 1.81. The Balaban J connectivity index is 2.36. The first kappa shape index (κ1) is 14.4. The number of primary amides is 1. The van der Waals surface area contributed by atoms with Crippen LogP contribution in [0.5, 0.6) is 0 Å². The molecule has 1 saturated heterocycles. The van der Waals surface area contributed by atoms with Crippen LogP contribution in [0, 0.1) is 0 Å². The lowest BCUT2D eigenvalue weighted by atomic mass is 10.1. The van der Waals surface area contributed by atoms with E-state index in [1.807, 2.05) is 0 Å². The number of carbonyl (C=O) groups excluding carboxylic acids is 2. The lowest BCUT2D eigenvalue weighted by molar-refractivity contribution is -0.142. The molecule has 18 heavy (non-hydrogen) atoms. The Bertz CT molecular complexity index is 325. The summed E-state index contributed by atoms with van der Waals surface area (Å²) < 4.78 is 5.28. The number of hydrogen-bond acceptors (Lipinski definition) is 4. The number of aliphatic carboxylic acids is 1. The highest BCUT2D eigenvalue weighted by atomic mass is 16.5. The third-order valence-electron chi connectivity index (χ3n) is 2.75. The SMILES string of the molecule is NC(=O)CC[C@H](NC(=O)CC1CCCO1)C(=O)O. The van der Waals surface area contributed by atoms with Crippen LogP contribution in [0.2, 0.25) is 0 Å². The maximum Gasteiger partial charge on any atom is 0.326 e. The topological polar surface area (TPSA) is 119 Å². The smallest absolute Gasteiger partial charge is 0.326 e. The number of carboxylic acid groups (broad SMARTS) is 1. The molecular formula is C11H18N2O5. The van der Waals surface area contributed by atoms with Crippen LogP contribution in [0.25, 0.3) is 0 Å². The minimum absolute atomic E-state index is 0.00192. The third kappa shape index (κ3) is 5.13. The second-order valence-corrected chi connectivity index (χ2v) is 4.30. The van der Waals surface area contributed by atoms with Crippen molar-refractivity contribution in [1.29, 1.82) is 0 Å². The third-order valence-corrected chi connectivity index (χ3v) is 2.75. The Morgan fingerprint density at radius 3 is 2.67 bits per heavy atom. The molecule has 0 bridgehead atoms. The molecule has 1 aliphatic heterocycles. The number of nitrogens with two attached hydrogens (primary N) is 1. The van der Waals surface area contributed by atoms with Gasteiger partial charge < -0.3 is 20.9 Å². The number of ether oxygens (including phenoxy) is 1. The molecule has 0 radical (unpaired) electrons. The molecular weight excluding hydrogens is 240 g/mol. The number of amides is 2. The van der Waals surface area contributed by atoms with Crippen LogP contribution in [-0.4, -0.2) is 41.6 Å². The first-order valence-corrected chi connectivity index (χ1v) is 5.91. The molecule has 0 aromatic rings. The Hall–Kier alpha value is -1.63. The maximum absolute atomic E-state index is 11.6. The molecule has 4 N–H and O–H groups in total. The van der Waals surface area contributed by atoms with E-state index in [1.54, 1.807) is 0 Å². The van der Waals surface area contributed by atoms with Gasteiger partial charge in [-0.1, -0.05) is 0 Å². The average Bonchev–Trinajstić information content (AvgIpc) is 2.76. The summed E-state index contributed by atoms with van der Waals surface area (Å²) in [5.74, 6) is -2.13. The van der Waals surface area contributed by atoms with Gasteiger partial charge in [-0.25, -0.2) is 4.79 Å². The van der Waals surface area contributed by atoms with Crippen molar-refractivity contribution in [3.63, 3.8) is 0 Å². The summed E-state index contributed by atoms with van der Waals surface area (Å²) in [6.07, 6.45) is 1.68. The number of rotatable bonds is 7. The van der Waals surface area contributed by atoms with Gasteiger partial charge in [0.15, 0.2) is 0 Å². The molecule has 1 aliphatic rings. The minimum atomic E-state index is -1.17. The monoisotopic (exact) mass is 258 g/mol. The van der Waals surface area contributed by atoms with Crippen LogP contribution < -0.4 is 11.1 Å². The van der Waals surface area contributed by atoms with Gasteiger partial charge in [-0.3, -0.25) is 9.59 Å². The van der Waals surface area contributed by atoms with Gasteiger partial charge in [0.1, 0.15) is 6.04 Å². The second-order valence-electron chi connectivity index (χ2n) is 4.30. The van der Waals surface area contributed by atoms with Crippen molar-refractivity contribution in [2.45, 2.75) is 44.2 Å². The number of carbonyl (C=O) groups is 3. The van der Waals surface area contributed by atoms with Gasteiger partial charge in [0, 0.05) is 13.0 Å². The molecule has 7 heteroatoms. The van der Waals surface area contributed by atoms with E-state index >= 15 is 0 Å². The molecule has 1 fully saturated rings. The molecule has 2 atom stereocenters. The van der Waals surface area contributed by atoms with Crippen LogP contribution in [0.1, 0.15) is 32.1 Å². The number of nitrogens with one attached hydrogen (secondary N) is 1. The highest BCUT2D eigenvalue weighted by Gasteiger charge is 2.24. The molecule has 0 aliphatic carbocycles. The van der Waals surface area contributed by atoms with Crippen molar-refractivity contribution in [1.82, 2.24) is 5.32 Å². The van der Waals surface area contributed by atoms with Crippen molar-refractivity contribution in [3.05, 3.63) is 0 Å². The van der Waals surface area contributed by atoms with Gasteiger partial charge in [-0.05, 0) is 19.3 Å². The Kier molecular flexibility index (Phi) is 5.57. The van der Waals surface area contributed by atoms with E-state index in [0.717, 1.165) is 12.8 Å². The van der Waals surface area contributed by atoms with E-state index in [2.05, 4.69) is 5.32 Å². The highest BCUT2D eigenvalue weighted by molar-refractivity contribution is 5.84. The van der Waals surface area contributed by atoms with Crippen molar-refractivity contribution < 1.29 is 24.2 Å². The quantitative estimate of drug-likeness (QED) is 0.563. The lowest BCUT2D eigenvalue weighted by Gasteiger charge is -2.15. The first-order chi connectivity index (χ1) is 8.49. The van der Waals surface area contributed by atoms with E-state index in [1.165, 1.54) is 0 Å². The Morgan fingerprint density at radius 2 is 2.17 bits per heavy atom. The van der Waals surface area contributed by atoms with E-state index in [0.29, 0.717) is 6.61 Å².